The minimum Gasteiger partial charge on any atom is -0.297 e. The minimum atomic E-state index is -0.488. The van der Waals surface area contributed by atoms with Crippen LogP contribution in [0.4, 0.5) is 5.13 Å². The van der Waals surface area contributed by atoms with Crippen molar-refractivity contribution in [1.82, 2.24) is 4.98 Å². The zero-order valence-electron chi connectivity index (χ0n) is 9.63. The Morgan fingerprint density at radius 2 is 2.37 bits per heavy atom. The Morgan fingerprint density at radius 1 is 1.53 bits per heavy atom. The molecule has 0 radical (unpaired) electrons. The zero-order chi connectivity index (χ0) is 13.7. The second kappa shape index (κ2) is 6.14. The highest BCUT2D eigenvalue weighted by Crippen LogP contribution is 2.15. The highest BCUT2D eigenvalue weighted by molar-refractivity contribution is 7.13. The van der Waals surface area contributed by atoms with Crippen molar-refractivity contribution in [3.8, 4) is 6.07 Å². The Labute approximate surface area is 119 Å². The third kappa shape index (κ3) is 3.65. The Bertz CT molecular complexity index is 659. The van der Waals surface area contributed by atoms with Crippen LogP contribution in [-0.4, -0.2) is 10.9 Å². The van der Waals surface area contributed by atoms with E-state index in [4.69, 9.17) is 16.9 Å². The summed E-state index contributed by atoms with van der Waals surface area (Å²) in [5, 5.41) is 14.3. The number of halogens is 1. The van der Waals surface area contributed by atoms with Gasteiger partial charge in [-0.3, -0.25) is 10.1 Å². The van der Waals surface area contributed by atoms with Crippen molar-refractivity contribution >= 4 is 40.1 Å². The predicted molar refractivity (Wildman–Crippen MR) is 75.8 cm³/mol. The molecule has 94 valence electrons. The fourth-order valence-corrected chi connectivity index (χ4v) is 2.08. The molecular weight excluding hydrogens is 282 g/mol. The lowest BCUT2D eigenvalue weighted by Crippen LogP contribution is -2.13. The molecule has 1 N–H and O–H groups in total. The largest absolute Gasteiger partial charge is 0.297 e. The molecule has 0 aliphatic carbocycles. The number of hydrogen-bond acceptors (Lipinski definition) is 4. The average Bonchev–Trinajstić information content (AvgIpc) is 2.88. The van der Waals surface area contributed by atoms with Crippen LogP contribution in [0.25, 0.3) is 6.08 Å². The van der Waals surface area contributed by atoms with Crippen LogP contribution in [0.5, 0.6) is 0 Å². The quantitative estimate of drug-likeness (QED) is 0.696. The molecule has 0 saturated heterocycles. The minimum absolute atomic E-state index is 0.00235. The summed E-state index contributed by atoms with van der Waals surface area (Å²) in [5.41, 5.74) is 0.691. The second-order valence-electron chi connectivity index (χ2n) is 3.52. The van der Waals surface area contributed by atoms with E-state index in [1.165, 1.54) is 17.4 Å². The number of anilines is 1. The highest BCUT2D eigenvalue weighted by atomic mass is 35.5. The first-order valence-corrected chi connectivity index (χ1v) is 6.53. The van der Waals surface area contributed by atoms with Gasteiger partial charge in [0, 0.05) is 16.6 Å². The summed E-state index contributed by atoms with van der Waals surface area (Å²) < 4.78 is 0. The number of nitriles is 1. The van der Waals surface area contributed by atoms with E-state index in [1.807, 2.05) is 6.07 Å². The first-order valence-electron chi connectivity index (χ1n) is 5.27. The third-order valence-corrected chi connectivity index (χ3v) is 3.10. The average molecular weight is 290 g/mol. The van der Waals surface area contributed by atoms with Crippen molar-refractivity contribution in [3.05, 3.63) is 52.0 Å². The van der Waals surface area contributed by atoms with Crippen LogP contribution in [0.1, 0.15) is 5.56 Å². The summed E-state index contributed by atoms with van der Waals surface area (Å²) in [6.45, 7) is 0. The molecule has 0 bridgehead atoms. The molecule has 6 heteroatoms. The van der Waals surface area contributed by atoms with E-state index in [9.17, 15) is 4.79 Å². The van der Waals surface area contributed by atoms with Crippen LogP contribution in [-0.2, 0) is 4.79 Å². The van der Waals surface area contributed by atoms with Crippen molar-refractivity contribution in [2.24, 2.45) is 0 Å². The maximum absolute atomic E-state index is 11.9. The van der Waals surface area contributed by atoms with Gasteiger partial charge >= 0.3 is 0 Å². The van der Waals surface area contributed by atoms with Crippen molar-refractivity contribution in [2.45, 2.75) is 0 Å². The number of amides is 1. The summed E-state index contributed by atoms with van der Waals surface area (Å²) in [5.74, 6) is -0.488. The van der Waals surface area contributed by atoms with Crippen LogP contribution >= 0.6 is 22.9 Å². The fraction of sp³-hybridized carbons (Fsp3) is 0. The van der Waals surface area contributed by atoms with Gasteiger partial charge in [0.25, 0.3) is 5.91 Å². The molecule has 0 unspecified atom stereocenters. The van der Waals surface area contributed by atoms with Crippen molar-refractivity contribution in [2.75, 3.05) is 5.32 Å². The Hall–Kier alpha value is -2.16. The predicted octanol–water partition coefficient (Wildman–Crippen LogP) is 3.34. The Balaban J connectivity index is 2.20. The number of benzene rings is 1. The number of hydrogen-bond donors (Lipinski definition) is 1. The fourth-order valence-electron chi connectivity index (χ4n) is 1.36. The zero-order valence-corrected chi connectivity index (χ0v) is 11.2. The maximum Gasteiger partial charge on any atom is 0.268 e. The van der Waals surface area contributed by atoms with Crippen LogP contribution in [0.3, 0.4) is 0 Å². The molecule has 0 aliphatic rings. The van der Waals surface area contributed by atoms with Gasteiger partial charge in [-0.25, -0.2) is 4.98 Å². The van der Waals surface area contributed by atoms with Gasteiger partial charge in [-0.1, -0.05) is 23.7 Å². The third-order valence-electron chi connectivity index (χ3n) is 2.18. The SMILES string of the molecule is N#C/C(=C\c1cccc(Cl)c1)C(=O)Nc1nccs1. The second-order valence-corrected chi connectivity index (χ2v) is 4.85. The number of nitrogens with one attached hydrogen (secondary N) is 1. The van der Waals surface area contributed by atoms with Crippen molar-refractivity contribution in [1.29, 1.82) is 5.26 Å². The van der Waals surface area contributed by atoms with Crippen molar-refractivity contribution in [3.63, 3.8) is 0 Å². The molecule has 1 aromatic carbocycles. The highest BCUT2D eigenvalue weighted by Gasteiger charge is 2.10. The van der Waals surface area contributed by atoms with Crippen LogP contribution in [0, 0.1) is 11.3 Å². The Morgan fingerprint density at radius 3 is 3.00 bits per heavy atom. The van der Waals surface area contributed by atoms with Crippen molar-refractivity contribution < 1.29 is 4.79 Å². The Kier molecular flexibility index (Phi) is 4.29. The van der Waals surface area contributed by atoms with Gasteiger partial charge in [-0.2, -0.15) is 5.26 Å². The molecule has 4 nitrogen and oxygen atoms in total. The van der Waals surface area contributed by atoms with Gasteiger partial charge in [-0.05, 0) is 23.8 Å². The summed E-state index contributed by atoms with van der Waals surface area (Å²) in [6, 6.07) is 8.78. The number of carbonyl (C=O) groups is 1. The van der Waals surface area contributed by atoms with E-state index >= 15 is 0 Å². The van der Waals surface area contributed by atoms with Gasteiger partial charge in [0.2, 0.25) is 0 Å². The van der Waals surface area contributed by atoms with Crippen LogP contribution < -0.4 is 5.32 Å². The molecule has 0 saturated carbocycles. The standard InChI is InChI=1S/C13H8ClN3OS/c14-11-3-1-2-9(7-11)6-10(8-15)12(18)17-13-16-4-5-19-13/h1-7H,(H,16,17,18)/b10-6+. The molecule has 0 aliphatic heterocycles. The first-order chi connectivity index (χ1) is 9.19. The number of rotatable bonds is 3. The van der Waals surface area contributed by atoms with E-state index in [0.29, 0.717) is 15.7 Å². The number of thiazole rings is 1. The number of aromatic nitrogens is 1. The van der Waals surface area contributed by atoms with Crippen LogP contribution in [0.2, 0.25) is 5.02 Å². The molecule has 0 spiro atoms. The summed E-state index contributed by atoms with van der Waals surface area (Å²) in [7, 11) is 0. The molecule has 19 heavy (non-hydrogen) atoms. The molecule has 1 amide bonds. The van der Waals surface area contributed by atoms with E-state index in [0.717, 1.165) is 0 Å². The van der Waals surface area contributed by atoms with E-state index in [2.05, 4.69) is 10.3 Å². The van der Waals surface area contributed by atoms with E-state index in [1.54, 1.807) is 35.8 Å². The molecule has 1 aromatic heterocycles. The molecular formula is C13H8ClN3OS. The smallest absolute Gasteiger partial charge is 0.268 e. The van der Waals surface area contributed by atoms with Gasteiger partial charge in [0.1, 0.15) is 11.6 Å². The summed E-state index contributed by atoms with van der Waals surface area (Å²) >= 11 is 7.13. The van der Waals surface area contributed by atoms with Crippen LogP contribution in [0.15, 0.2) is 41.4 Å². The maximum atomic E-state index is 11.9. The molecule has 0 atom stereocenters. The number of carbonyl (C=O) groups excluding carboxylic acids is 1. The molecule has 0 fully saturated rings. The normalized spacial score (nSPS) is 10.8. The monoisotopic (exact) mass is 289 g/mol. The lowest BCUT2D eigenvalue weighted by molar-refractivity contribution is -0.112. The molecule has 2 aromatic rings. The number of nitrogens with zero attached hydrogens (tertiary/aromatic N) is 2. The lowest BCUT2D eigenvalue weighted by Gasteiger charge is -2.00. The van der Waals surface area contributed by atoms with Gasteiger partial charge in [0.05, 0.1) is 0 Å². The lowest BCUT2D eigenvalue weighted by atomic mass is 10.1. The topological polar surface area (TPSA) is 65.8 Å². The van der Waals surface area contributed by atoms with Gasteiger partial charge in [-0.15, -0.1) is 11.3 Å². The van der Waals surface area contributed by atoms with Gasteiger partial charge in [0.15, 0.2) is 5.13 Å². The first kappa shape index (κ1) is 13.3. The molecule has 2 rings (SSSR count). The molecule has 1 heterocycles. The van der Waals surface area contributed by atoms with E-state index in [-0.39, 0.29) is 5.57 Å². The van der Waals surface area contributed by atoms with E-state index < -0.39 is 5.91 Å². The van der Waals surface area contributed by atoms with Gasteiger partial charge < -0.3 is 0 Å². The summed E-state index contributed by atoms with van der Waals surface area (Å²) in [6.07, 6.45) is 3.06. The summed E-state index contributed by atoms with van der Waals surface area (Å²) in [4.78, 5) is 15.8.